The van der Waals surface area contributed by atoms with Crippen LogP contribution in [0.3, 0.4) is 0 Å². The second-order valence-corrected chi connectivity index (χ2v) is 7.44. The topological polar surface area (TPSA) is 46.9 Å². The minimum atomic E-state index is 0.130. The van der Waals surface area contributed by atoms with Crippen LogP contribution in [-0.4, -0.2) is 22.0 Å². The molecule has 3 aromatic rings. The molecule has 0 saturated heterocycles. The lowest BCUT2D eigenvalue weighted by Crippen LogP contribution is -2.31. The van der Waals surface area contributed by atoms with Crippen LogP contribution >= 0.6 is 0 Å². The Morgan fingerprint density at radius 1 is 1.07 bits per heavy atom. The number of aryl methyl sites for hydroxylation is 2. The van der Waals surface area contributed by atoms with E-state index in [1.54, 1.807) is 0 Å². The fourth-order valence-corrected chi connectivity index (χ4v) is 3.71. The Morgan fingerprint density at radius 2 is 1.79 bits per heavy atom. The second-order valence-electron chi connectivity index (χ2n) is 7.44. The van der Waals surface area contributed by atoms with Crippen molar-refractivity contribution < 1.29 is 4.79 Å². The third-order valence-corrected chi connectivity index (χ3v) is 5.56. The van der Waals surface area contributed by atoms with Crippen LogP contribution < -0.4 is 5.32 Å². The van der Waals surface area contributed by atoms with Crippen molar-refractivity contribution in [3.8, 4) is 0 Å². The summed E-state index contributed by atoms with van der Waals surface area (Å²) in [7, 11) is 0. The maximum absolute atomic E-state index is 12.2. The number of carbonyl (C=O) groups excluding carboxylic acids is 1. The van der Waals surface area contributed by atoms with E-state index in [1.165, 1.54) is 16.6 Å². The van der Waals surface area contributed by atoms with E-state index < -0.39 is 0 Å². The molecule has 1 aromatic heterocycles. The normalized spacial score (nSPS) is 11.3. The summed E-state index contributed by atoms with van der Waals surface area (Å²) in [6.07, 6.45) is 3.54. The average Bonchev–Trinajstić information content (AvgIpc) is 3.05. The first-order chi connectivity index (χ1) is 13.6. The molecule has 1 heterocycles. The number of amides is 1. The summed E-state index contributed by atoms with van der Waals surface area (Å²) in [5, 5.41) is 3.09. The van der Waals surface area contributed by atoms with Gasteiger partial charge in [-0.05, 0) is 49.4 Å². The maximum Gasteiger partial charge on any atom is 0.223 e. The Balaban J connectivity index is 1.72. The Hall–Kier alpha value is -2.62. The predicted octanol–water partition coefficient (Wildman–Crippen LogP) is 4.88. The third-order valence-electron chi connectivity index (χ3n) is 5.56. The monoisotopic (exact) mass is 377 g/mol. The molecule has 2 aromatic carbocycles. The molecular weight excluding hydrogens is 346 g/mol. The molecule has 1 amide bonds. The first-order valence-corrected chi connectivity index (χ1v) is 10.4. The van der Waals surface area contributed by atoms with E-state index in [4.69, 9.17) is 4.98 Å². The predicted molar refractivity (Wildman–Crippen MR) is 115 cm³/mol. The molecule has 0 spiro atoms. The highest BCUT2D eigenvalue weighted by atomic mass is 16.1. The number of nitrogens with one attached hydrogen (secondary N) is 1. The van der Waals surface area contributed by atoms with Crippen molar-refractivity contribution in [2.45, 2.75) is 53.0 Å². The standard InChI is InChI=1S/C24H31N3O/c1-4-19(5-2)24(28)25-16-10-15-23-26-21-13-8-9-14-22(21)27(23)17-20-12-7-6-11-18(20)3/h6-9,11-14,19H,4-5,10,15-17H2,1-3H3,(H,25,28). The van der Waals surface area contributed by atoms with Gasteiger partial charge in [0.25, 0.3) is 0 Å². The summed E-state index contributed by atoms with van der Waals surface area (Å²) in [4.78, 5) is 17.0. The molecule has 0 fully saturated rings. The van der Waals surface area contributed by atoms with E-state index in [0.717, 1.165) is 43.6 Å². The van der Waals surface area contributed by atoms with Crippen LogP contribution in [0.15, 0.2) is 48.5 Å². The number of carbonyl (C=O) groups is 1. The van der Waals surface area contributed by atoms with Crippen LogP contribution in [0.4, 0.5) is 0 Å². The zero-order valence-corrected chi connectivity index (χ0v) is 17.2. The summed E-state index contributed by atoms with van der Waals surface area (Å²) in [5.41, 5.74) is 4.81. The highest BCUT2D eigenvalue weighted by molar-refractivity contribution is 5.78. The lowest BCUT2D eigenvalue weighted by Gasteiger charge is -2.13. The van der Waals surface area contributed by atoms with Crippen molar-refractivity contribution in [1.29, 1.82) is 0 Å². The molecule has 0 atom stereocenters. The molecule has 1 N–H and O–H groups in total. The maximum atomic E-state index is 12.2. The highest BCUT2D eigenvalue weighted by Gasteiger charge is 2.14. The number of rotatable bonds is 9. The number of benzene rings is 2. The van der Waals surface area contributed by atoms with E-state index in [1.807, 2.05) is 6.07 Å². The largest absolute Gasteiger partial charge is 0.356 e. The molecule has 4 heteroatoms. The molecule has 3 rings (SSSR count). The Morgan fingerprint density at radius 3 is 2.54 bits per heavy atom. The van der Waals surface area contributed by atoms with Crippen LogP contribution in [-0.2, 0) is 17.8 Å². The second kappa shape index (κ2) is 9.54. The van der Waals surface area contributed by atoms with E-state index in [0.29, 0.717) is 6.54 Å². The van der Waals surface area contributed by atoms with Crippen molar-refractivity contribution in [1.82, 2.24) is 14.9 Å². The first-order valence-electron chi connectivity index (χ1n) is 10.4. The fraction of sp³-hybridized carbons (Fsp3) is 0.417. The molecule has 0 aliphatic rings. The van der Waals surface area contributed by atoms with E-state index in [-0.39, 0.29) is 11.8 Å². The van der Waals surface area contributed by atoms with Crippen LogP contribution in [0.2, 0.25) is 0 Å². The first kappa shape index (κ1) is 20.1. The molecule has 4 nitrogen and oxygen atoms in total. The smallest absolute Gasteiger partial charge is 0.223 e. The number of aromatic nitrogens is 2. The molecule has 0 saturated carbocycles. The quantitative estimate of drug-likeness (QED) is 0.540. The van der Waals surface area contributed by atoms with Crippen molar-refractivity contribution in [3.63, 3.8) is 0 Å². The number of imidazole rings is 1. The van der Waals surface area contributed by atoms with Gasteiger partial charge in [0.1, 0.15) is 5.82 Å². The number of para-hydroxylation sites is 2. The summed E-state index contributed by atoms with van der Waals surface area (Å²) in [5.74, 6) is 1.39. The summed E-state index contributed by atoms with van der Waals surface area (Å²) >= 11 is 0. The molecule has 0 unspecified atom stereocenters. The molecule has 0 aliphatic carbocycles. The van der Waals surface area contributed by atoms with Gasteiger partial charge in [-0.15, -0.1) is 0 Å². The SMILES string of the molecule is CCC(CC)C(=O)NCCCc1nc2ccccc2n1Cc1ccccc1C. The zero-order valence-electron chi connectivity index (χ0n) is 17.2. The van der Waals surface area contributed by atoms with Gasteiger partial charge in [-0.1, -0.05) is 50.2 Å². The Bertz CT molecular complexity index is 924. The van der Waals surface area contributed by atoms with Gasteiger partial charge in [0.05, 0.1) is 11.0 Å². The summed E-state index contributed by atoms with van der Waals surface area (Å²) in [6, 6.07) is 16.8. The minimum absolute atomic E-state index is 0.130. The fourth-order valence-electron chi connectivity index (χ4n) is 3.71. The number of nitrogens with zero attached hydrogens (tertiary/aromatic N) is 2. The molecule has 0 aliphatic heterocycles. The van der Waals surface area contributed by atoms with Crippen LogP contribution in [0.25, 0.3) is 11.0 Å². The van der Waals surface area contributed by atoms with E-state index in [2.05, 4.69) is 73.1 Å². The van der Waals surface area contributed by atoms with Gasteiger partial charge in [-0.3, -0.25) is 4.79 Å². The number of hydrogen-bond donors (Lipinski definition) is 1. The van der Waals surface area contributed by atoms with Gasteiger partial charge in [-0.25, -0.2) is 4.98 Å². The number of hydrogen-bond acceptors (Lipinski definition) is 2. The average molecular weight is 378 g/mol. The van der Waals surface area contributed by atoms with Crippen molar-refractivity contribution in [2.24, 2.45) is 5.92 Å². The van der Waals surface area contributed by atoms with Gasteiger partial charge in [-0.2, -0.15) is 0 Å². The highest BCUT2D eigenvalue weighted by Crippen LogP contribution is 2.20. The minimum Gasteiger partial charge on any atom is -0.356 e. The van der Waals surface area contributed by atoms with Crippen LogP contribution in [0.5, 0.6) is 0 Å². The molecule has 0 bridgehead atoms. The molecule has 28 heavy (non-hydrogen) atoms. The lowest BCUT2D eigenvalue weighted by atomic mass is 10.0. The molecule has 148 valence electrons. The molecule has 0 radical (unpaired) electrons. The Labute approximate surface area is 168 Å². The summed E-state index contributed by atoms with van der Waals surface area (Å²) in [6.45, 7) is 7.82. The van der Waals surface area contributed by atoms with Crippen LogP contribution in [0, 0.1) is 12.8 Å². The van der Waals surface area contributed by atoms with Crippen molar-refractivity contribution in [3.05, 3.63) is 65.5 Å². The van der Waals surface area contributed by atoms with Crippen molar-refractivity contribution >= 4 is 16.9 Å². The van der Waals surface area contributed by atoms with Gasteiger partial charge in [0, 0.05) is 25.4 Å². The third kappa shape index (κ3) is 4.61. The van der Waals surface area contributed by atoms with Gasteiger partial charge < -0.3 is 9.88 Å². The van der Waals surface area contributed by atoms with Gasteiger partial charge >= 0.3 is 0 Å². The number of fused-ring (bicyclic) bond motifs is 1. The molecular formula is C24H31N3O. The van der Waals surface area contributed by atoms with E-state index >= 15 is 0 Å². The Kier molecular flexibility index (Phi) is 6.85. The lowest BCUT2D eigenvalue weighted by molar-refractivity contribution is -0.125. The van der Waals surface area contributed by atoms with Crippen LogP contribution in [0.1, 0.15) is 50.1 Å². The zero-order chi connectivity index (χ0) is 19.9. The van der Waals surface area contributed by atoms with Gasteiger partial charge in [0.2, 0.25) is 5.91 Å². The summed E-state index contributed by atoms with van der Waals surface area (Å²) < 4.78 is 2.32. The van der Waals surface area contributed by atoms with Gasteiger partial charge in [0.15, 0.2) is 0 Å². The van der Waals surface area contributed by atoms with Crippen molar-refractivity contribution in [2.75, 3.05) is 6.54 Å². The van der Waals surface area contributed by atoms with E-state index in [9.17, 15) is 4.79 Å².